The molecule has 1 aliphatic carbocycles. The molecule has 1 saturated heterocycles. The lowest BCUT2D eigenvalue weighted by molar-refractivity contribution is -0.0511. The van der Waals surface area contributed by atoms with Crippen LogP contribution in [-0.2, 0) is 16.1 Å². The zero-order valence-corrected chi connectivity index (χ0v) is 19.9. The number of nitrogens with one attached hydrogen (secondary N) is 1. The van der Waals surface area contributed by atoms with Crippen LogP contribution in [0.25, 0.3) is 11.2 Å². The quantitative estimate of drug-likeness (QED) is 0.314. The van der Waals surface area contributed by atoms with Crippen LogP contribution >= 0.6 is 22.6 Å². The second kappa shape index (κ2) is 9.76. The maximum atomic E-state index is 10.4. The third-order valence-electron chi connectivity index (χ3n) is 6.28. The predicted octanol–water partition coefficient (Wildman–Crippen LogP) is 1.59. The van der Waals surface area contributed by atoms with Gasteiger partial charge in [-0.25, -0.2) is 15.0 Å². The Kier molecular flexibility index (Phi) is 6.77. The minimum absolute atomic E-state index is 0.0513. The first kappa shape index (κ1) is 22.9. The number of imidazole rings is 1. The maximum Gasteiger partial charge on any atom is 0.167 e. The van der Waals surface area contributed by atoms with Crippen LogP contribution < -0.4 is 5.32 Å². The van der Waals surface area contributed by atoms with Crippen LogP contribution in [0.2, 0.25) is 0 Å². The number of halogens is 1. The van der Waals surface area contributed by atoms with Gasteiger partial charge < -0.3 is 30.1 Å². The molecule has 1 aromatic carbocycles. The lowest BCUT2D eigenvalue weighted by atomic mass is 10.1. The number of anilines is 1. The number of nitrogens with zero attached hydrogens (tertiary/aromatic N) is 4. The van der Waals surface area contributed by atoms with Gasteiger partial charge in [-0.3, -0.25) is 4.57 Å². The Labute approximate surface area is 204 Å². The minimum atomic E-state index is -1.21. The molecular weight excluding hydrogens is 541 g/mol. The van der Waals surface area contributed by atoms with E-state index >= 15 is 0 Å². The summed E-state index contributed by atoms with van der Waals surface area (Å²) in [5.74, 6) is 0.584. The maximum absolute atomic E-state index is 10.4. The Morgan fingerprint density at radius 3 is 2.85 bits per heavy atom. The fourth-order valence-electron chi connectivity index (χ4n) is 4.55. The van der Waals surface area contributed by atoms with Crippen LogP contribution in [0.3, 0.4) is 0 Å². The summed E-state index contributed by atoms with van der Waals surface area (Å²) in [4.78, 5) is 13.2. The third-order valence-corrected chi connectivity index (χ3v) is 6.95. The molecule has 3 heterocycles. The lowest BCUT2D eigenvalue weighted by Crippen LogP contribution is -2.33. The molecule has 1 saturated carbocycles. The van der Waals surface area contributed by atoms with Gasteiger partial charge in [0.2, 0.25) is 0 Å². The molecule has 4 N–H and O–H groups in total. The molecule has 0 spiro atoms. The first-order valence-electron chi connectivity index (χ1n) is 11.0. The highest BCUT2D eigenvalue weighted by Gasteiger charge is 2.44. The molecule has 2 fully saturated rings. The molecule has 0 amide bonds. The molecule has 11 heteroatoms. The Bertz CT molecular complexity index is 1110. The number of fused-ring (bicyclic) bond motifs is 1. The van der Waals surface area contributed by atoms with Crippen molar-refractivity contribution >= 4 is 39.6 Å². The number of benzene rings is 1. The van der Waals surface area contributed by atoms with E-state index < -0.39 is 31.1 Å². The van der Waals surface area contributed by atoms with Crippen molar-refractivity contribution in [3.8, 4) is 0 Å². The van der Waals surface area contributed by atoms with Crippen LogP contribution in [-0.4, -0.2) is 71.9 Å². The number of hydrogen-bond acceptors (Lipinski definition) is 9. The van der Waals surface area contributed by atoms with Gasteiger partial charge >= 0.3 is 0 Å². The topological polar surface area (TPSA) is 135 Å². The van der Waals surface area contributed by atoms with E-state index in [0.29, 0.717) is 23.6 Å². The molecular formula is C22H26IN5O5. The summed E-state index contributed by atoms with van der Waals surface area (Å²) in [6.07, 6.45) is 1.79. The predicted molar refractivity (Wildman–Crippen MR) is 127 cm³/mol. The van der Waals surface area contributed by atoms with Gasteiger partial charge in [-0.1, -0.05) is 12.1 Å². The van der Waals surface area contributed by atoms with Crippen molar-refractivity contribution < 1.29 is 24.8 Å². The summed E-state index contributed by atoms with van der Waals surface area (Å²) < 4.78 is 14.6. The highest BCUT2D eigenvalue weighted by atomic mass is 127. The summed E-state index contributed by atoms with van der Waals surface area (Å²) in [5, 5.41) is 33.3. The SMILES string of the molecule is OC[C@H]1O[C@@H](n2cnc3c(N[C@@H]4CCC[C@H]4OCc4cccc(I)c4)ncnc32)[C@H](O)[C@@H]1O. The van der Waals surface area contributed by atoms with Gasteiger partial charge in [0.1, 0.15) is 24.6 Å². The number of aliphatic hydroxyl groups excluding tert-OH is 3. The molecule has 1 aliphatic heterocycles. The minimum Gasteiger partial charge on any atom is -0.394 e. The van der Waals surface area contributed by atoms with Crippen LogP contribution in [0.15, 0.2) is 36.9 Å². The molecule has 0 unspecified atom stereocenters. The second-order valence-corrected chi connectivity index (χ2v) is 9.68. The van der Waals surface area contributed by atoms with Gasteiger partial charge in [0.05, 0.1) is 31.7 Å². The smallest absolute Gasteiger partial charge is 0.167 e. The van der Waals surface area contributed by atoms with Crippen LogP contribution in [0.1, 0.15) is 31.1 Å². The molecule has 3 aromatic rings. The number of rotatable bonds is 7. The monoisotopic (exact) mass is 567 g/mol. The summed E-state index contributed by atoms with van der Waals surface area (Å²) in [6, 6.07) is 8.37. The van der Waals surface area contributed by atoms with Gasteiger partial charge in [0.25, 0.3) is 0 Å². The van der Waals surface area contributed by atoms with E-state index in [0.717, 1.165) is 24.8 Å². The van der Waals surface area contributed by atoms with Gasteiger partial charge in [0, 0.05) is 3.57 Å². The molecule has 2 aromatic heterocycles. The van der Waals surface area contributed by atoms with E-state index in [4.69, 9.17) is 9.47 Å². The largest absolute Gasteiger partial charge is 0.394 e. The first-order valence-corrected chi connectivity index (χ1v) is 12.1. The fraction of sp³-hybridized carbons (Fsp3) is 0.500. The molecule has 0 bridgehead atoms. The van der Waals surface area contributed by atoms with Gasteiger partial charge in [-0.2, -0.15) is 0 Å². The number of hydrogen-bond donors (Lipinski definition) is 4. The average molecular weight is 567 g/mol. The standard InChI is InChI=1S/C22H26IN5O5/c23-13-4-1-3-12(7-13)9-32-15-6-2-5-14(15)27-20-17-21(25-10-24-20)28(11-26-17)22-19(31)18(30)16(8-29)33-22/h1,3-4,7,10-11,14-16,18-19,22,29-31H,2,5-6,8-9H2,(H,24,25,27)/t14-,15-,16-,18-,19-,22-/m1/s1. The summed E-state index contributed by atoms with van der Waals surface area (Å²) >= 11 is 2.30. The second-order valence-electron chi connectivity index (χ2n) is 8.44. The molecule has 0 radical (unpaired) electrons. The normalized spacial score (nSPS) is 29.7. The van der Waals surface area contributed by atoms with E-state index in [2.05, 4.69) is 61.1 Å². The van der Waals surface area contributed by atoms with Crippen LogP contribution in [0.5, 0.6) is 0 Å². The Morgan fingerprint density at radius 2 is 2.06 bits per heavy atom. The highest BCUT2D eigenvalue weighted by Crippen LogP contribution is 2.33. The van der Waals surface area contributed by atoms with Crippen molar-refractivity contribution in [1.29, 1.82) is 0 Å². The Hall–Kier alpha value is -1.90. The Balaban J connectivity index is 1.32. The fourth-order valence-corrected chi connectivity index (χ4v) is 5.16. The van der Waals surface area contributed by atoms with Crippen molar-refractivity contribution in [2.75, 3.05) is 11.9 Å². The van der Waals surface area contributed by atoms with Gasteiger partial charge in [-0.05, 0) is 59.5 Å². The van der Waals surface area contributed by atoms with E-state index in [1.807, 2.05) is 6.07 Å². The molecule has 176 valence electrons. The van der Waals surface area contributed by atoms with E-state index in [1.54, 1.807) is 4.57 Å². The van der Waals surface area contributed by atoms with E-state index in [1.165, 1.54) is 16.2 Å². The average Bonchev–Trinajstić information content (AvgIpc) is 3.51. The highest BCUT2D eigenvalue weighted by molar-refractivity contribution is 14.1. The van der Waals surface area contributed by atoms with Crippen molar-refractivity contribution in [2.24, 2.45) is 0 Å². The third kappa shape index (κ3) is 4.57. The zero-order valence-electron chi connectivity index (χ0n) is 17.8. The summed E-state index contributed by atoms with van der Waals surface area (Å²) in [6.45, 7) is 0.160. The van der Waals surface area contributed by atoms with Gasteiger partial charge in [0.15, 0.2) is 23.2 Å². The van der Waals surface area contributed by atoms with Crippen molar-refractivity contribution in [1.82, 2.24) is 19.5 Å². The van der Waals surface area contributed by atoms with Crippen molar-refractivity contribution in [2.45, 2.75) is 62.6 Å². The summed E-state index contributed by atoms with van der Waals surface area (Å²) in [7, 11) is 0. The van der Waals surface area contributed by atoms with E-state index in [9.17, 15) is 15.3 Å². The molecule has 10 nitrogen and oxygen atoms in total. The molecule has 5 rings (SSSR count). The number of aromatic nitrogens is 4. The first-order chi connectivity index (χ1) is 16.0. The Morgan fingerprint density at radius 1 is 1.18 bits per heavy atom. The van der Waals surface area contributed by atoms with Crippen LogP contribution in [0, 0.1) is 3.57 Å². The van der Waals surface area contributed by atoms with Crippen LogP contribution in [0.4, 0.5) is 5.82 Å². The zero-order chi connectivity index (χ0) is 22.9. The molecule has 6 atom stereocenters. The number of ether oxygens (including phenoxy) is 2. The molecule has 2 aliphatic rings. The van der Waals surface area contributed by atoms with Crippen molar-refractivity contribution in [3.05, 3.63) is 46.1 Å². The van der Waals surface area contributed by atoms with Crippen molar-refractivity contribution in [3.63, 3.8) is 0 Å². The van der Waals surface area contributed by atoms with E-state index in [-0.39, 0.29) is 12.1 Å². The van der Waals surface area contributed by atoms with Gasteiger partial charge in [-0.15, -0.1) is 0 Å². The lowest BCUT2D eigenvalue weighted by Gasteiger charge is -2.22. The molecule has 33 heavy (non-hydrogen) atoms. The summed E-state index contributed by atoms with van der Waals surface area (Å²) in [5.41, 5.74) is 2.16. The number of aliphatic hydroxyl groups is 3.